The van der Waals surface area contributed by atoms with Crippen molar-refractivity contribution in [3.8, 4) is 11.4 Å². The molecule has 0 atom stereocenters. The third-order valence-corrected chi connectivity index (χ3v) is 3.26. The number of Topliss-reactive ketones (excluding diaryl/α,β-unsaturated/α-hetero) is 1. The van der Waals surface area contributed by atoms with E-state index < -0.39 is 0 Å². The van der Waals surface area contributed by atoms with Gasteiger partial charge in [0, 0.05) is 5.56 Å². The molecule has 3 aromatic rings. The molecule has 3 rings (SSSR count). The molecule has 0 bridgehead atoms. The molecule has 0 radical (unpaired) electrons. The van der Waals surface area contributed by atoms with Crippen molar-refractivity contribution in [1.29, 1.82) is 0 Å². The highest BCUT2D eigenvalue weighted by Gasteiger charge is 2.12. The van der Waals surface area contributed by atoms with Crippen molar-refractivity contribution in [2.75, 3.05) is 0 Å². The molecule has 0 saturated carbocycles. The Kier molecular flexibility index (Phi) is 4.96. The van der Waals surface area contributed by atoms with Crippen LogP contribution < -0.4 is 17.0 Å². The maximum atomic E-state index is 12.1. The second kappa shape index (κ2) is 6.91. The van der Waals surface area contributed by atoms with Crippen molar-refractivity contribution in [2.24, 2.45) is 0 Å². The Balaban J connectivity index is 0.00000176. The lowest BCUT2D eigenvalue weighted by Gasteiger charge is -1.98. The normalized spacial score (nSPS) is 10.0. The van der Waals surface area contributed by atoms with Gasteiger partial charge in [-0.1, -0.05) is 30.3 Å². The number of aromatic nitrogens is 2. The largest absolute Gasteiger partial charge is 1.00 e. The van der Waals surface area contributed by atoms with Gasteiger partial charge >= 0.3 is 0 Å². The van der Waals surface area contributed by atoms with E-state index in [-0.39, 0.29) is 23.9 Å². The molecule has 0 spiro atoms. The lowest BCUT2D eigenvalue weighted by Crippen LogP contribution is -3.00. The summed E-state index contributed by atoms with van der Waals surface area (Å²) in [6.07, 6.45) is 5.59. The van der Waals surface area contributed by atoms with Gasteiger partial charge in [0.15, 0.2) is 6.54 Å². The average molecular weight is 315 g/mol. The van der Waals surface area contributed by atoms with Gasteiger partial charge < -0.3 is 17.5 Å². The van der Waals surface area contributed by atoms with Gasteiger partial charge in [0.2, 0.25) is 12.1 Å². The highest BCUT2D eigenvalue weighted by molar-refractivity contribution is 5.94. The SMILES string of the molecule is O=C(C[n+]1ccn(-c2ccc(O)cc2)c1)c1ccccc1.[Cl-]. The molecular formula is C17H15ClN2O2. The number of nitrogens with zero attached hydrogens (tertiary/aromatic N) is 2. The maximum absolute atomic E-state index is 12.1. The van der Waals surface area contributed by atoms with Gasteiger partial charge in [-0.2, -0.15) is 0 Å². The number of hydrogen-bond acceptors (Lipinski definition) is 2. The Morgan fingerprint density at radius 1 is 1.05 bits per heavy atom. The molecular weight excluding hydrogens is 300 g/mol. The van der Waals surface area contributed by atoms with Crippen LogP contribution in [-0.2, 0) is 6.54 Å². The summed E-state index contributed by atoms with van der Waals surface area (Å²) in [5.74, 6) is 0.307. The zero-order valence-electron chi connectivity index (χ0n) is 11.8. The third-order valence-electron chi connectivity index (χ3n) is 3.26. The van der Waals surface area contributed by atoms with Crippen LogP contribution in [0.5, 0.6) is 5.75 Å². The molecule has 0 fully saturated rings. The number of carbonyl (C=O) groups excluding carboxylic acids is 1. The molecule has 1 N–H and O–H groups in total. The van der Waals surface area contributed by atoms with Gasteiger partial charge in [0.1, 0.15) is 23.8 Å². The fraction of sp³-hybridized carbons (Fsp3) is 0.0588. The molecule has 112 valence electrons. The molecule has 2 aromatic carbocycles. The van der Waals surface area contributed by atoms with Crippen molar-refractivity contribution in [3.63, 3.8) is 0 Å². The highest BCUT2D eigenvalue weighted by Crippen LogP contribution is 2.12. The van der Waals surface area contributed by atoms with E-state index in [4.69, 9.17) is 0 Å². The van der Waals surface area contributed by atoms with Gasteiger partial charge in [0.05, 0.1) is 0 Å². The maximum Gasteiger partial charge on any atom is 0.249 e. The van der Waals surface area contributed by atoms with Crippen molar-refractivity contribution >= 4 is 5.78 Å². The molecule has 1 heterocycles. The van der Waals surface area contributed by atoms with E-state index in [9.17, 15) is 9.90 Å². The first-order valence-corrected chi connectivity index (χ1v) is 6.67. The summed E-state index contributed by atoms with van der Waals surface area (Å²) in [6, 6.07) is 16.2. The molecule has 0 unspecified atom stereocenters. The minimum atomic E-state index is 0. The third kappa shape index (κ3) is 3.54. The number of phenols is 1. The summed E-state index contributed by atoms with van der Waals surface area (Å²) in [5, 5.41) is 9.29. The first-order valence-electron chi connectivity index (χ1n) is 6.67. The number of hydrogen-bond donors (Lipinski definition) is 1. The molecule has 0 saturated heterocycles. The number of carbonyl (C=O) groups is 1. The quantitative estimate of drug-likeness (QED) is 0.514. The average Bonchev–Trinajstić information content (AvgIpc) is 2.97. The van der Waals surface area contributed by atoms with E-state index in [0.29, 0.717) is 12.1 Å². The molecule has 4 nitrogen and oxygen atoms in total. The topological polar surface area (TPSA) is 46.1 Å². The summed E-state index contributed by atoms with van der Waals surface area (Å²) >= 11 is 0. The molecule has 0 aliphatic rings. The van der Waals surface area contributed by atoms with Gasteiger partial charge in [-0.05, 0) is 24.3 Å². The van der Waals surface area contributed by atoms with Crippen LogP contribution >= 0.6 is 0 Å². The number of rotatable bonds is 4. The molecule has 5 heteroatoms. The summed E-state index contributed by atoms with van der Waals surface area (Å²) in [5.41, 5.74) is 1.64. The zero-order valence-corrected chi connectivity index (χ0v) is 12.5. The van der Waals surface area contributed by atoms with E-state index in [1.165, 1.54) is 0 Å². The van der Waals surface area contributed by atoms with Crippen LogP contribution in [0.4, 0.5) is 0 Å². The lowest BCUT2D eigenvalue weighted by molar-refractivity contribution is -0.682. The van der Waals surface area contributed by atoms with Gasteiger partial charge in [0.25, 0.3) is 0 Å². The van der Waals surface area contributed by atoms with Crippen LogP contribution in [0.1, 0.15) is 10.4 Å². The lowest BCUT2D eigenvalue weighted by atomic mass is 10.1. The van der Waals surface area contributed by atoms with Crippen molar-refractivity contribution in [2.45, 2.75) is 6.54 Å². The predicted molar refractivity (Wildman–Crippen MR) is 78.4 cm³/mol. The van der Waals surface area contributed by atoms with Crippen molar-refractivity contribution in [1.82, 2.24) is 4.57 Å². The van der Waals surface area contributed by atoms with Gasteiger partial charge in [-0.25, -0.2) is 9.13 Å². The van der Waals surface area contributed by atoms with Crippen LogP contribution in [0.15, 0.2) is 73.3 Å². The van der Waals surface area contributed by atoms with E-state index in [1.54, 1.807) is 12.1 Å². The second-order valence-electron chi connectivity index (χ2n) is 4.80. The van der Waals surface area contributed by atoms with Crippen LogP contribution in [-0.4, -0.2) is 15.5 Å². The zero-order chi connectivity index (χ0) is 14.7. The van der Waals surface area contributed by atoms with Crippen molar-refractivity contribution < 1.29 is 26.9 Å². The number of phenolic OH excluding ortho intramolecular Hbond substituents is 1. The van der Waals surface area contributed by atoms with E-state index in [1.807, 2.05) is 70.3 Å². The van der Waals surface area contributed by atoms with Crippen LogP contribution in [0.3, 0.4) is 0 Å². The molecule has 0 amide bonds. The molecule has 0 aliphatic heterocycles. The highest BCUT2D eigenvalue weighted by atomic mass is 35.5. The Bertz CT molecular complexity index is 752. The Morgan fingerprint density at radius 3 is 2.41 bits per heavy atom. The van der Waals surface area contributed by atoms with E-state index >= 15 is 0 Å². The second-order valence-corrected chi connectivity index (χ2v) is 4.80. The summed E-state index contributed by atoms with van der Waals surface area (Å²) in [4.78, 5) is 12.1. The Hall–Kier alpha value is -2.59. The minimum absolute atomic E-state index is 0. The molecule has 0 aliphatic carbocycles. The number of halogens is 1. The molecule has 22 heavy (non-hydrogen) atoms. The first kappa shape index (κ1) is 15.8. The van der Waals surface area contributed by atoms with Crippen LogP contribution in [0.25, 0.3) is 5.69 Å². The number of imidazole rings is 1. The summed E-state index contributed by atoms with van der Waals surface area (Å²) < 4.78 is 3.74. The number of ketones is 1. The smallest absolute Gasteiger partial charge is 0.249 e. The fourth-order valence-corrected chi connectivity index (χ4v) is 2.15. The van der Waals surface area contributed by atoms with Crippen molar-refractivity contribution in [3.05, 3.63) is 78.9 Å². The standard InChI is InChI=1S/C17H14N2O2.ClH/c20-16-8-6-15(7-9-16)19-11-10-18(13-19)12-17(21)14-4-2-1-3-5-14;/h1-11,13H,12H2;1H. The number of aromatic hydroxyl groups is 1. The van der Waals surface area contributed by atoms with E-state index in [0.717, 1.165) is 5.69 Å². The van der Waals surface area contributed by atoms with Gasteiger partial charge in [-0.15, -0.1) is 0 Å². The van der Waals surface area contributed by atoms with Crippen LogP contribution in [0, 0.1) is 0 Å². The monoisotopic (exact) mass is 314 g/mol. The number of benzene rings is 2. The minimum Gasteiger partial charge on any atom is -1.00 e. The summed E-state index contributed by atoms with van der Waals surface area (Å²) in [7, 11) is 0. The van der Waals surface area contributed by atoms with Gasteiger partial charge in [-0.3, -0.25) is 4.79 Å². The fourth-order valence-electron chi connectivity index (χ4n) is 2.15. The Labute approximate surface area is 134 Å². The summed E-state index contributed by atoms with van der Waals surface area (Å²) in [6.45, 7) is 0.301. The Morgan fingerprint density at radius 2 is 1.73 bits per heavy atom. The predicted octanol–water partition coefficient (Wildman–Crippen LogP) is -0.643. The van der Waals surface area contributed by atoms with Crippen LogP contribution in [0.2, 0.25) is 0 Å². The van der Waals surface area contributed by atoms with E-state index in [2.05, 4.69) is 0 Å². The molecule has 1 aromatic heterocycles. The first-order chi connectivity index (χ1) is 10.2.